The van der Waals surface area contributed by atoms with E-state index in [-0.39, 0.29) is 33.8 Å². The lowest BCUT2D eigenvalue weighted by molar-refractivity contribution is -0.140. The lowest BCUT2D eigenvalue weighted by atomic mass is 9.89. The van der Waals surface area contributed by atoms with Crippen molar-refractivity contribution in [3.8, 4) is 0 Å². The fraction of sp³-hybridized carbons (Fsp3) is 0.409. The molecule has 0 saturated carbocycles. The normalized spacial score (nSPS) is 15.8. The Balaban J connectivity index is 2.16. The van der Waals surface area contributed by atoms with Crippen LogP contribution in [0.2, 0.25) is 0 Å². The number of ether oxygens (including phenoxy) is 1. The fourth-order valence-corrected chi connectivity index (χ4v) is 4.38. The Morgan fingerprint density at radius 3 is 2.47 bits per heavy atom. The number of carbonyl (C=O) groups excluding carboxylic acids is 2. The van der Waals surface area contributed by atoms with Gasteiger partial charge < -0.3 is 9.64 Å². The van der Waals surface area contributed by atoms with Crippen LogP contribution in [0.25, 0.3) is 5.57 Å². The molecule has 0 radical (unpaired) electrons. The Hall–Kier alpha value is -2.75. The summed E-state index contributed by atoms with van der Waals surface area (Å²) in [4.78, 5) is 31.2. The third-order valence-corrected chi connectivity index (χ3v) is 6.28. The van der Waals surface area contributed by atoms with Gasteiger partial charge in [-0.15, -0.1) is 11.3 Å². The van der Waals surface area contributed by atoms with Gasteiger partial charge in [-0.2, -0.15) is 13.2 Å². The molecule has 2 heterocycles. The minimum absolute atomic E-state index is 0.0206. The number of hydrogen-bond donors (Lipinski definition) is 0. The second-order valence-electron chi connectivity index (χ2n) is 8.47. The van der Waals surface area contributed by atoms with Gasteiger partial charge in [0.2, 0.25) is 0 Å². The summed E-state index contributed by atoms with van der Waals surface area (Å²) in [6, 6.07) is 3.86. The molecule has 32 heavy (non-hydrogen) atoms. The summed E-state index contributed by atoms with van der Waals surface area (Å²) >= 11 is 0.444. The monoisotopic (exact) mass is 470 g/mol. The number of fused-ring (bicyclic) bond motifs is 1. The molecule has 0 N–H and O–H groups in total. The topological polar surface area (TPSA) is 59.5 Å². The second-order valence-corrected chi connectivity index (χ2v) is 9.47. The summed E-state index contributed by atoms with van der Waals surface area (Å²) in [6.45, 7) is 8.04. The number of alkyl halides is 3. The zero-order valence-electron chi connectivity index (χ0n) is 18.1. The van der Waals surface area contributed by atoms with Crippen LogP contribution in [0.15, 0.2) is 24.4 Å². The van der Waals surface area contributed by atoms with Gasteiger partial charge in [0.15, 0.2) is 5.01 Å². The van der Waals surface area contributed by atoms with Crippen molar-refractivity contribution in [2.45, 2.75) is 52.3 Å². The molecule has 1 aromatic heterocycles. The number of aryl methyl sites for hydroxylation is 1. The van der Waals surface area contributed by atoms with Crippen LogP contribution in [0.1, 0.15) is 59.2 Å². The molecular formula is C22H22F4N2O3S. The summed E-state index contributed by atoms with van der Waals surface area (Å²) in [7, 11) is 0. The highest BCUT2D eigenvalue weighted by molar-refractivity contribution is 7.12. The van der Waals surface area contributed by atoms with Crippen molar-refractivity contribution in [3.05, 3.63) is 56.9 Å². The van der Waals surface area contributed by atoms with Gasteiger partial charge in [0.05, 0.1) is 11.8 Å². The molecule has 0 unspecified atom stereocenters. The molecule has 0 fully saturated rings. The van der Waals surface area contributed by atoms with Crippen LogP contribution in [0.3, 0.4) is 0 Å². The van der Waals surface area contributed by atoms with Crippen LogP contribution in [0.4, 0.5) is 17.6 Å². The van der Waals surface area contributed by atoms with Crippen molar-refractivity contribution in [1.29, 1.82) is 0 Å². The molecule has 0 saturated heterocycles. The van der Waals surface area contributed by atoms with E-state index in [1.54, 1.807) is 27.7 Å². The van der Waals surface area contributed by atoms with E-state index in [1.165, 1.54) is 30.2 Å². The van der Waals surface area contributed by atoms with E-state index in [9.17, 15) is 27.2 Å². The highest BCUT2D eigenvalue weighted by Crippen LogP contribution is 2.43. The lowest BCUT2D eigenvalue weighted by Crippen LogP contribution is -2.36. The van der Waals surface area contributed by atoms with Crippen molar-refractivity contribution in [2.75, 3.05) is 6.54 Å². The standard InChI is InChI=1S/C22H22F4N2O3S/c1-11(2)31-19(30)14-9-28(18(29)13-6-7-15(23)12(3)8-13)10-21(4,5)17-16(14)27-20(32-17)22(24,25)26/h6-9,11H,10H2,1-5H3. The van der Waals surface area contributed by atoms with E-state index in [0.29, 0.717) is 11.3 Å². The molecule has 1 aliphatic heterocycles. The predicted molar refractivity (Wildman–Crippen MR) is 112 cm³/mol. The third kappa shape index (κ3) is 4.69. The van der Waals surface area contributed by atoms with Gasteiger partial charge in [0.25, 0.3) is 5.91 Å². The first kappa shape index (κ1) is 23.9. The molecule has 1 aliphatic rings. The number of aromatic nitrogens is 1. The van der Waals surface area contributed by atoms with E-state index >= 15 is 0 Å². The number of amides is 1. The fourth-order valence-electron chi connectivity index (χ4n) is 3.34. The molecule has 5 nitrogen and oxygen atoms in total. The van der Waals surface area contributed by atoms with Gasteiger partial charge in [0.1, 0.15) is 11.4 Å². The molecule has 2 aromatic rings. The number of esters is 1. The molecule has 3 rings (SSSR count). The summed E-state index contributed by atoms with van der Waals surface area (Å²) < 4.78 is 59.0. The van der Waals surface area contributed by atoms with E-state index in [1.807, 2.05) is 0 Å². The van der Waals surface area contributed by atoms with E-state index < -0.39 is 40.4 Å². The summed E-state index contributed by atoms with van der Waals surface area (Å²) in [5.74, 6) is -1.88. The van der Waals surface area contributed by atoms with Gasteiger partial charge in [-0.3, -0.25) is 4.79 Å². The Kier molecular flexibility index (Phi) is 6.21. The highest BCUT2D eigenvalue weighted by Gasteiger charge is 2.43. The third-order valence-electron chi connectivity index (χ3n) is 4.82. The van der Waals surface area contributed by atoms with Gasteiger partial charge >= 0.3 is 12.1 Å². The average molecular weight is 470 g/mol. The quantitative estimate of drug-likeness (QED) is 0.449. The number of halogens is 4. The smallest absolute Gasteiger partial charge is 0.443 e. The zero-order valence-corrected chi connectivity index (χ0v) is 18.9. The summed E-state index contributed by atoms with van der Waals surface area (Å²) in [5.41, 5.74) is -0.898. The summed E-state index contributed by atoms with van der Waals surface area (Å²) in [5, 5.41) is -1.08. The SMILES string of the molecule is Cc1cc(C(=O)N2C=C(C(=O)OC(C)C)c3nc(C(F)(F)F)sc3C(C)(C)C2)ccc1F. The van der Waals surface area contributed by atoms with Gasteiger partial charge in [-0.05, 0) is 44.5 Å². The molecule has 0 atom stereocenters. The molecular weight excluding hydrogens is 448 g/mol. The first-order valence-corrected chi connectivity index (χ1v) is 10.6. The van der Waals surface area contributed by atoms with Crippen molar-refractivity contribution in [1.82, 2.24) is 9.88 Å². The predicted octanol–water partition coefficient (Wildman–Crippen LogP) is 5.34. The highest BCUT2D eigenvalue weighted by atomic mass is 32.1. The number of hydrogen-bond acceptors (Lipinski definition) is 5. The lowest BCUT2D eigenvalue weighted by Gasteiger charge is -2.28. The second kappa shape index (κ2) is 8.31. The van der Waals surface area contributed by atoms with Crippen LogP contribution >= 0.6 is 11.3 Å². The molecule has 0 bridgehead atoms. The first-order chi connectivity index (χ1) is 14.7. The van der Waals surface area contributed by atoms with E-state index in [4.69, 9.17) is 4.74 Å². The maximum Gasteiger partial charge on any atom is 0.443 e. The summed E-state index contributed by atoms with van der Waals surface area (Å²) in [6.07, 6.45) is -4.03. The number of nitrogens with zero attached hydrogens (tertiary/aromatic N) is 2. The van der Waals surface area contributed by atoms with Crippen molar-refractivity contribution in [3.63, 3.8) is 0 Å². The van der Waals surface area contributed by atoms with E-state index in [2.05, 4.69) is 4.98 Å². The minimum atomic E-state index is -4.68. The minimum Gasteiger partial charge on any atom is -0.459 e. The van der Waals surface area contributed by atoms with Crippen molar-refractivity contribution in [2.24, 2.45) is 0 Å². The van der Waals surface area contributed by atoms with Gasteiger partial charge in [-0.1, -0.05) is 13.8 Å². The maximum atomic E-state index is 13.7. The molecule has 1 amide bonds. The average Bonchev–Trinajstić information content (AvgIpc) is 3.08. The number of rotatable bonds is 3. The molecule has 0 aliphatic carbocycles. The van der Waals surface area contributed by atoms with Gasteiger partial charge in [0, 0.05) is 28.6 Å². The Bertz CT molecular complexity index is 1100. The number of benzene rings is 1. The van der Waals surface area contributed by atoms with Crippen LogP contribution in [0.5, 0.6) is 0 Å². The Morgan fingerprint density at radius 1 is 1.25 bits per heavy atom. The molecule has 10 heteroatoms. The first-order valence-electron chi connectivity index (χ1n) is 9.79. The molecule has 172 valence electrons. The Labute approximate surface area is 186 Å². The maximum absolute atomic E-state index is 13.7. The number of thiazole rings is 1. The molecule has 0 spiro atoms. The van der Waals surface area contributed by atoms with Crippen LogP contribution in [0, 0.1) is 12.7 Å². The largest absolute Gasteiger partial charge is 0.459 e. The zero-order chi connectivity index (χ0) is 24.0. The van der Waals surface area contributed by atoms with Crippen molar-refractivity contribution >= 4 is 28.8 Å². The van der Waals surface area contributed by atoms with Crippen LogP contribution in [-0.4, -0.2) is 34.4 Å². The van der Waals surface area contributed by atoms with Gasteiger partial charge in [-0.25, -0.2) is 14.2 Å². The van der Waals surface area contributed by atoms with E-state index in [0.717, 1.165) is 6.07 Å². The Morgan fingerprint density at radius 2 is 1.91 bits per heavy atom. The van der Waals surface area contributed by atoms with Crippen molar-refractivity contribution < 1.29 is 31.9 Å². The van der Waals surface area contributed by atoms with Crippen LogP contribution in [-0.2, 0) is 21.1 Å². The number of carbonyl (C=O) groups is 2. The molecule has 1 aromatic carbocycles. The van der Waals surface area contributed by atoms with Crippen LogP contribution < -0.4 is 0 Å².